The Morgan fingerprint density at radius 2 is 2.20 bits per heavy atom. The third-order valence-corrected chi connectivity index (χ3v) is 7.13. The molecule has 1 aliphatic heterocycles. The Balaban J connectivity index is 1.79. The molecule has 7 nitrogen and oxygen atoms in total. The lowest BCUT2D eigenvalue weighted by Gasteiger charge is -2.26. The van der Waals surface area contributed by atoms with Crippen molar-refractivity contribution in [2.24, 2.45) is 0 Å². The normalized spacial score (nSPS) is 18.5. The fourth-order valence-corrected chi connectivity index (χ4v) is 4.81. The number of sulfone groups is 1. The van der Waals surface area contributed by atoms with Gasteiger partial charge in [-0.1, -0.05) is 0 Å². The minimum atomic E-state index is -3.26. The Bertz CT molecular complexity index is 1000. The molecule has 0 radical (unpaired) electrons. The molecule has 1 atom stereocenters. The lowest BCUT2D eigenvalue weighted by atomic mass is 10.1. The fraction of sp³-hybridized carbons (Fsp3) is 0.375. The largest absolute Gasteiger partial charge is 0.380 e. The first kappa shape index (κ1) is 16.5. The molecular weight excluding hydrogens is 358 g/mol. The number of piperidine rings is 1. The van der Waals surface area contributed by atoms with Crippen molar-refractivity contribution in [1.29, 1.82) is 0 Å². The number of nitrogens with zero attached hydrogens (tertiary/aromatic N) is 2. The quantitative estimate of drug-likeness (QED) is 0.645. The number of pyridine rings is 1. The van der Waals surface area contributed by atoms with Gasteiger partial charge in [0.2, 0.25) is 0 Å². The van der Waals surface area contributed by atoms with Crippen LogP contribution in [0.3, 0.4) is 0 Å². The van der Waals surface area contributed by atoms with Crippen LogP contribution in [0.2, 0.25) is 0 Å². The molecule has 0 bridgehead atoms. The van der Waals surface area contributed by atoms with Gasteiger partial charge < -0.3 is 15.6 Å². The van der Waals surface area contributed by atoms with Crippen LogP contribution in [-0.4, -0.2) is 48.8 Å². The second-order valence-electron chi connectivity index (χ2n) is 6.23. The van der Waals surface area contributed by atoms with Gasteiger partial charge in [-0.2, -0.15) is 0 Å². The molecule has 0 unspecified atom stereocenters. The van der Waals surface area contributed by atoms with Gasteiger partial charge in [0.15, 0.2) is 9.84 Å². The Kier molecular flexibility index (Phi) is 4.22. The van der Waals surface area contributed by atoms with Crippen LogP contribution >= 0.6 is 11.3 Å². The van der Waals surface area contributed by atoms with Crippen LogP contribution in [-0.2, 0) is 9.84 Å². The lowest BCUT2D eigenvalue weighted by Crippen LogP contribution is -2.38. The van der Waals surface area contributed by atoms with Gasteiger partial charge in [0.1, 0.15) is 14.9 Å². The van der Waals surface area contributed by atoms with Gasteiger partial charge in [0, 0.05) is 36.6 Å². The van der Waals surface area contributed by atoms with Gasteiger partial charge in [-0.05, 0) is 25.5 Å². The van der Waals surface area contributed by atoms with E-state index in [0.29, 0.717) is 11.0 Å². The SMILES string of the molecule is CS(=O)(=O)c1cnc(-c2cnc3[nH]ccc3c2N[C@@H]2CCCNC2)s1. The summed E-state index contributed by atoms with van der Waals surface area (Å²) in [6.45, 7) is 1.95. The zero-order valence-corrected chi connectivity index (χ0v) is 15.4. The summed E-state index contributed by atoms with van der Waals surface area (Å²) >= 11 is 1.18. The molecule has 4 heterocycles. The Morgan fingerprint density at radius 3 is 2.92 bits per heavy atom. The highest BCUT2D eigenvalue weighted by atomic mass is 32.2. The van der Waals surface area contributed by atoms with Gasteiger partial charge >= 0.3 is 0 Å². The molecule has 3 aromatic heterocycles. The van der Waals surface area contributed by atoms with Crippen LogP contribution in [0, 0.1) is 0 Å². The van der Waals surface area contributed by atoms with E-state index in [0.717, 1.165) is 48.2 Å². The van der Waals surface area contributed by atoms with E-state index in [-0.39, 0.29) is 4.21 Å². The first-order valence-electron chi connectivity index (χ1n) is 8.12. The molecule has 1 aliphatic rings. The van der Waals surface area contributed by atoms with Crippen LogP contribution in [0.15, 0.2) is 28.9 Å². The highest BCUT2D eigenvalue weighted by Crippen LogP contribution is 2.37. The van der Waals surface area contributed by atoms with E-state index < -0.39 is 9.84 Å². The Morgan fingerprint density at radius 1 is 1.32 bits per heavy atom. The standard InChI is InChI=1S/C16H19N5O2S2/c1-25(22,23)13-9-20-16(24-13)12-8-19-15-11(4-6-18-15)14(12)21-10-3-2-5-17-7-10/h4,6,8-10,17H,2-3,5,7H2,1H3,(H2,18,19,21)/t10-/m1/s1. The second-order valence-corrected chi connectivity index (χ2v) is 9.50. The molecule has 0 amide bonds. The Hall–Kier alpha value is -1.97. The van der Waals surface area contributed by atoms with Crippen LogP contribution in [0.1, 0.15) is 12.8 Å². The van der Waals surface area contributed by atoms with Gasteiger partial charge in [0.05, 0.1) is 17.4 Å². The monoisotopic (exact) mass is 377 g/mol. The van der Waals surface area contributed by atoms with Crippen LogP contribution < -0.4 is 10.6 Å². The van der Waals surface area contributed by atoms with Gasteiger partial charge in [-0.15, -0.1) is 11.3 Å². The van der Waals surface area contributed by atoms with Gasteiger partial charge in [-0.3, -0.25) is 0 Å². The minimum Gasteiger partial charge on any atom is -0.380 e. The third kappa shape index (κ3) is 3.26. The van der Waals surface area contributed by atoms with Crippen molar-refractivity contribution in [1.82, 2.24) is 20.3 Å². The molecule has 0 spiro atoms. The number of fused-ring (bicyclic) bond motifs is 1. The molecule has 132 valence electrons. The first-order valence-corrected chi connectivity index (χ1v) is 10.8. The molecule has 25 heavy (non-hydrogen) atoms. The molecule has 1 fully saturated rings. The summed E-state index contributed by atoms with van der Waals surface area (Å²) in [5.41, 5.74) is 2.59. The van der Waals surface area contributed by atoms with Crippen LogP contribution in [0.5, 0.6) is 0 Å². The zero-order valence-electron chi connectivity index (χ0n) is 13.7. The Labute approximate surface area is 149 Å². The molecule has 4 rings (SSSR count). The summed E-state index contributed by atoms with van der Waals surface area (Å²) in [5, 5.41) is 8.66. The summed E-state index contributed by atoms with van der Waals surface area (Å²) in [6, 6.07) is 2.30. The molecule has 0 saturated carbocycles. The van der Waals surface area contributed by atoms with Crippen molar-refractivity contribution in [3.05, 3.63) is 24.7 Å². The van der Waals surface area contributed by atoms with E-state index in [4.69, 9.17) is 0 Å². The number of thiazole rings is 1. The maximum atomic E-state index is 11.8. The maximum Gasteiger partial charge on any atom is 0.186 e. The van der Waals surface area contributed by atoms with E-state index in [9.17, 15) is 8.42 Å². The number of hydrogen-bond acceptors (Lipinski definition) is 7. The summed E-state index contributed by atoms with van der Waals surface area (Å²) in [4.78, 5) is 11.9. The van der Waals surface area contributed by atoms with Crippen molar-refractivity contribution in [3.8, 4) is 10.6 Å². The summed E-state index contributed by atoms with van der Waals surface area (Å²) in [7, 11) is -3.26. The molecule has 0 aromatic carbocycles. The van der Waals surface area contributed by atoms with E-state index >= 15 is 0 Å². The summed E-state index contributed by atoms with van der Waals surface area (Å²) in [5.74, 6) is 0. The third-order valence-electron chi connectivity index (χ3n) is 4.31. The number of aromatic amines is 1. The van der Waals surface area contributed by atoms with Crippen LogP contribution in [0.25, 0.3) is 21.6 Å². The van der Waals surface area contributed by atoms with E-state index in [1.807, 2.05) is 12.3 Å². The predicted octanol–water partition coefficient (Wildman–Crippen LogP) is 2.25. The number of aromatic nitrogens is 3. The molecular formula is C16H19N5O2S2. The number of rotatable bonds is 4. The average Bonchev–Trinajstić information content (AvgIpc) is 3.25. The van der Waals surface area contributed by atoms with Crippen molar-refractivity contribution in [2.75, 3.05) is 24.7 Å². The van der Waals surface area contributed by atoms with Crippen molar-refractivity contribution in [2.45, 2.75) is 23.1 Å². The van der Waals surface area contributed by atoms with E-state index in [1.54, 1.807) is 6.20 Å². The maximum absolute atomic E-state index is 11.8. The predicted molar refractivity (Wildman–Crippen MR) is 99.8 cm³/mol. The molecule has 0 aliphatic carbocycles. The number of hydrogen-bond donors (Lipinski definition) is 3. The molecule has 1 saturated heterocycles. The van der Waals surface area contributed by atoms with Crippen molar-refractivity contribution >= 4 is 37.9 Å². The highest BCUT2D eigenvalue weighted by molar-refractivity contribution is 7.92. The fourth-order valence-electron chi connectivity index (χ4n) is 3.06. The van der Waals surface area contributed by atoms with Crippen LogP contribution in [0.4, 0.5) is 5.69 Å². The lowest BCUT2D eigenvalue weighted by molar-refractivity contribution is 0.480. The molecule has 3 aromatic rings. The summed E-state index contributed by atoms with van der Waals surface area (Å²) in [6.07, 6.45) is 8.45. The van der Waals surface area contributed by atoms with E-state index in [1.165, 1.54) is 23.8 Å². The summed E-state index contributed by atoms with van der Waals surface area (Å²) < 4.78 is 23.8. The topological polar surface area (TPSA) is 99.8 Å². The molecule has 3 N–H and O–H groups in total. The average molecular weight is 377 g/mol. The van der Waals surface area contributed by atoms with Crippen molar-refractivity contribution in [3.63, 3.8) is 0 Å². The number of anilines is 1. The highest BCUT2D eigenvalue weighted by Gasteiger charge is 2.20. The van der Waals surface area contributed by atoms with Gasteiger partial charge in [-0.25, -0.2) is 18.4 Å². The molecule has 9 heteroatoms. The first-order chi connectivity index (χ1) is 12.0. The second kappa shape index (κ2) is 6.40. The number of H-pyrrole nitrogens is 1. The van der Waals surface area contributed by atoms with Crippen molar-refractivity contribution < 1.29 is 8.42 Å². The zero-order chi connectivity index (χ0) is 17.4. The minimum absolute atomic E-state index is 0.266. The van der Waals surface area contributed by atoms with E-state index in [2.05, 4.69) is 25.6 Å². The smallest absolute Gasteiger partial charge is 0.186 e. The number of nitrogens with one attached hydrogen (secondary N) is 3. The van der Waals surface area contributed by atoms with Gasteiger partial charge in [0.25, 0.3) is 0 Å².